The van der Waals surface area contributed by atoms with E-state index in [9.17, 15) is 18.0 Å². The van der Waals surface area contributed by atoms with E-state index in [1.165, 1.54) is 6.26 Å². The summed E-state index contributed by atoms with van der Waals surface area (Å²) in [6, 6.07) is 12.2. The maximum Gasteiger partial charge on any atom is 0.264 e. The molecule has 0 radical (unpaired) electrons. The van der Waals surface area contributed by atoms with Gasteiger partial charge in [-0.25, -0.2) is 13.4 Å². The van der Waals surface area contributed by atoms with Crippen molar-refractivity contribution in [1.29, 1.82) is 5.26 Å². The first-order valence-corrected chi connectivity index (χ1v) is 12.9. The molecule has 1 N–H and O–H groups in total. The molecular formula is C24H23N5O4S. The first-order chi connectivity index (χ1) is 16.2. The quantitative estimate of drug-likeness (QED) is 0.572. The third kappa shape index (κ3) is 3.72. The molecule has 3 aromatic rings. The molecule has 1 saturated carbocycles. The summed E-state index contributed by atoms with van der Waals surface area (Å²) in [5.41, 5.74) is 1.61. The van der Waals surface area contributed by atoms with Crippen LogP contribution < -0.4 is 15.8 Å². The molecule has 34 heavy (non-hydrogen) atoms. The van der Waals surface area contributed by atoms with Gasteiger partial charge in [0.25, 0.3) is 11.5 Å². The topological polar surface area (TPSA) is 125 Å². The Morgan fingerprint density at radius 1 is 1.21 bits per heavy atom. The fraction of sp³-hybridized carbons (Fsp3) is 0.333. The maximum absolute atomic E-state index is 13.2. The van der Waals surface area contributed by atoms with Gasteiger partial charge in [-0.05, 0) is 42.7 Å². The van der Waals surface area contributed by atoms with Crippen LogP contribution in [-0.2, 0) is 22.9 Å². The molecule has 0 bridgehead atoms. The van der Waals surface area contributed by atoms with E-state index in [4.69, 9.17) is 5.26 Å². The molecule has 1 fully saturated rings. The summed E-state index contributed by atoms with van der Waals surface area (Å²) in [7, 11) is -3.20. The zero-order chi connectivity index (χ0) is 24.1. The Kier molecular flexibility index (Phi) is 5.17. The van der Waals surface area contributed by atoms with E-state index in [2.05, 4.69) is 10.3 Å². The van der Waals surface area contributed by atoms with Crippen LogP contribution in [0.2, 0.25) is 0 Å². The number of carbonyl (C=O) groups is 1. The molecule has 10 heteroatoms. The lowest BCUT2D eigenvalue weighted by atomic mass is 10.1. The Morgan fingerprint density at radius 3 is 2.59 bits per heavy atom. The van der Waals surface area contributed by atoms with E-state index in [-0.39, 0.29) is 12.1 Å². The van der Waals surface area contributed by atoms with Crippen LogP contribution in [0.3, 0.4) is 0 Å². The van der Waals surface area contributed by atoms with Gasteiger partial charge in [0.05, 0.1) is 21.9 Å². The zero-order valence-electron chi connectivity index (χ0n) is 18.6. The van der Waals surface area contributed by atoms with Crippen molar-refractivity contribution in [3.8, 4) is 6.07 Å². The smallest absolute Gasteiger partial charge is 0.264 e. The lowest BCUT2D eigenvalue weighted by Gasteiger charge is -2.33. The summed E-state index contributed by atoms with van der Waals surface area (Å²) < 4.78 is 25.4. The summed E-state index contributed by atoms with van der Waals surface area (Å²) in [5.74, 6) is 0.0927. The average Bonchev–Trinajstić information content (AvgIpc) is 3.62. The molecule has 0 spiro atoms. The van der Waals surface area contributed by atoms with Crippen LogP contribution in [0.4, 0.5) is 5.82 Å². The molecule has 3 heterocycles. The van der Waals surface area contributed by atoms with E-state index in [1.54, 1.807) is 47.2 Å². The number of rotatable bonds is 6. The predicted octanol–water partition coefficient (Wildman–Crippen LogP) is 1.60. The first-order valence-electron chi connectivity index (χ1n) is 11.0. The predicted molar refractivity (Wildman–Crippen MR) is 127 cm³/mol. The second-order valence-corrected chi connectivity index (χ2v) is 11.4. The Hall–Kier alpha value is -3.71. The fourth-order valence-electron chi connectivity index (χ4n) is 4.51. The van der Waals surface area contributed by atoms with Crippen LogP contribution in [0.1, 0.15) is 34.3 Å². The summed E-state index contributed by atoms with van der Waals surface area (Å²) in [5, 5.41) is 12.4. The number of nitriles is 1. The van der Waals surface area contributed by atoms with Crippen LogP contribution in [0, 0.1) is 11.3 Å². The van der Waals surface area contributed by atoms with Gasteiger partial charge < -0.3 is 14.8 Å². The number of hydrogen-bond donors (Lipinski definition) is 1. The summed E-state index contributed by atoms with van der Waals surface area (Å²) in [6.07, 6.45) is 4.15. The van der Waals surface area contributed by atoms with Gasteiger partial charge in [-0.1, -0.05) is 12.1 Å². The molecule has 0 saturated heterocycles. The molecule has 0 atom stereocenters. The monoisotopic (exact) mass is 477 g/mol. The number of sulfone groups is 1. The largest absolute Gasteiger partial charge is 0.351 e. The van der Waals surface area contributed by atoms with Crippen LogP contribution in [0.25, 0.3) is 10.9 Å². The van der Waals surface area contributed by atoms with Crippen LogP contribution in [-0.4, -0.2) is 48.0 Å². The van der Waals surface area contributed by atoms with Crippen LogP contribution in [0.15, 0.2) is 47.4 Å². The van der Waals surface area contributed by atoms with Crippen molar-refractivity contribution in [3.05, 3.63) is 69.6 Å². The lowest BCUT2D eigenvalue weighted by molar-refractivity contribution is 0.0949. The Balaban J connectivity index is 1.44. The van der Waals surface area contributed by atoms with Gasteiger partial charge in [-0.3, -0.25) is 9.59 Å². The van der Waals surface area contributed by atoms with E-state index in [0.29, 0.717) is 54.8 Å². The Labute approximate surface area is 196 Å². The van der Waals surface area contributed by atoms with Gasteiger partial charge in [0.1, 0.15) is 5.56 Å². The molecule has 9 nitrogen and oxygen atoms in total. The van der Waals surface area contributed by atoms with Crippen molar-refractivity contribution in [2.45, 2.75) is 30.7 Å². The van der Waals surface area contributed by atoms with E-state index >= 15 is 0 Å². The van der Waals surface area contributed by atoms with Crippen LogP contribution >= 0.6 is 0 Å². The van der Waals surface area contributed by atoms with Crippen molar-refractivity contribution < 1.29 is 13.2 Å². The summed E-state index contributed by atoms with van der Waals surface area (Å²) in [6.45, 7) is 1.35. The number of pyridine rings is 2. The number of nitrogens with zero attached hydrogens (tertiary/aromatic N) is 4. The molecule has 1 aliphatic carbocycles. The molecule has 1 aliphatic heterocycles. The maximum atomic E-state index is 13.2. The van der Waals surface area contributed by atoms with E-state index < -0.39 is 26.1 Å². The highest BCUT2D eigenvalue weighted by Gasteiger charge is 2.53. The van der Waals surface area contributed by atoms with Gasteiger partial charge in [0.15, 0.2) is 15.7 Å². The summed E-state index contributed by atoms with van der Waals surface area (Å²) >= 11 is 0. The van der Waals surface area contributed by atoms with Gasteiger partial charge in [0.2, 0.25) is 0 Å². The second kappa shape index (κ2) is 7.95. The molecular weight excluding hydrogens is 454 g/mol. The normalized spacial score (nSPS) is 16.2. The number of aromatic nitrogens is 2. The molecule has 2 aromatic heterocycles. The Bertz CT molecular complexity index is 1520. The minimum Gasteiger partial charge on any atom is -0.351 e. The van der Waals surface area contributed by atoms with Crippen molar-refractivity contribution in [1.82, 2.24) is 14.9 Å². The highest BCUT2D eigenvalue weighted by molar-refractivity contribution is 7.92. The molecule has 1 aromatic carbocycles. The number of carbonyl (C=O) groups excluding carboxylic acids is 1. The minimum absolute atomic E-state index is 0.0431. The number of hydrogen-bond acceptors (Lipinski definition) is 7. The van der Waals surface area contributed by atoms with E-state index in [1.807, 2.05) is 11.0 Å². The third-order valence-electron chi connectivity index (χ3n) is 6.73. The SMILES string of the molecule is CS(=O)(=O)C1(CN2CCn3c(=O)c(C(=O)NCc4ccc(C#N)cc4)cc4ccnc2c43)CC1. The summed E-state index contributed by atoms with van der Waals surface area (Å²) in [4.78, 5) is 32.5. The number of nitrogens with one attached hydrogen (secondary N) is 1. The Morgan fingerprint density at radius 2 is 1.94 bits per heavy atom. The standard InChI is InChI=1S/C24H23N5O4S/c1-34(32,33)24(7-8-24)15-28-10-11-29-20-18(6-9-26-21(20)28)12-19(23(29)31)22(30)27-14-17-4-2-16(13-25)3-5-17/h2-6,9,12H,7-8,10-11,14-15H2,1H3,(H,27,30). The molecule has 1 amide bonds. The molecule has 2 aliphatic rings. The van der Waals surface area contributed by atoms with Crippen molar-refractivity contribution in [3.63, 3.8) is 0 Å². The highest BCUT2D eigenvalue weighted by atomic mass is 32.2. The van der Waals surface area contributed by atoms with Gasteiger partial charge in [-0.15, -0.1) is 0 Å². The zero-order valence-corrected chi connectivity index (χ0v) is 19.4. The van der Waals surface area contributed by atoms with Gasteiger partial charge >= 0.3 is 0 Å². The van der Waals surface area contributed by atoms with Gasteiger partial charge in [0, 0.05) is 44.0 Å². The highest BCUT2D eigenvalue weighted by Crippen LogP contribution is 2.45. The fourth-order valence-corrected chi connectivity index (χ4v) is 5.74. The lowest BCUT2D eigenvalue weighted by Crippen LogP contribution is -2.45. The van der Waals surface area contributed by atoms with E-state index in [0.717, 1.165) is 5.56 Å². The number of benzene rings is 1. The molecule has 174 valence electrons. The van der Waals surface area contributed by atoms with Crippen molar-refractivity contribution in [2.75, 3.05) is 24.2 Å². The van der Waals surface area contributed by atoms with Crippen molar-refractivity contribution in [2.24, 2.45) is 0 Å². The van der Waals surface area contributed by atoms with Crippen LogP contribution in [0.5, 0.6) is 0 Å². The number of anilines is 1. The molecule has 0 unspecified atom stereocenters. The second-order valence-electron chi connectivity index (χ2n) is 8.96. The molecule has 5 rings (SSSR count). The third-order valence-corrected chi connectivity index (χ3v) is 8.84. The minimum atomic E-state index is -3.20. The van der Waals surface area contributed by atoms with Crippen molar-refractivity contribution >= 4 is 32.5 Å². The number of amides is 1. The average molecular weight is 478 g/mol. The first kappa shape index (κ1) is 22.1. The van der Waals surface area contributed by atoms with Gasteiger partial charge in [-0.2, -0.15) is 5.26 Å².